The zero-order valence-electron chi connectivity index (χ0n) is 18.0. The lowest BCUT2D eigenvalue weighted by molar-refractivity contribution is -0.130. The maximum atomic E-state index is 12.7. The second-order valence-electron chi connectivity index (χ2n) is 7.32. The van der Waals surface area contributed by atoms with Gasteiger partial charge in [0.2, 0.25) is 5.91 Å². The van der Waals surface area contributed by atoms with Gasteiger partial charge in [0, 0.05) is 58.4 Å². The summed E-state index contributed by atoms with van der Waals surface area (Å²) in [7, 11) is 0. The average molecular weight is 413 g/mol. The van der Waals surface area contributed by atoms with Crippen LogP contribution in [0.15, 0.2) is 52.2 Å². The lowest BCUT2D eigenvalue weighted by Crippen LogP contribution is -2.52. The number of carbonyl (C=O) groups is 1. The third-order valence-corrected chi connectivity index (χ3v) is 5.20. The number of hydrogen-bond donors (Lipinski definition) is 1. The molecule has 1 aromatic carbocycles. The molecule has 0 saturated carbocycles. The number of amides is 1. The smallest absolute Gasteiger partial charge is 0.244 e. The van der Waals surface area contributed by atoms with Crippen LogP contribution in [0.1, 0.15) is 25.1 Å². The molecule has 162 valence electrons. The SMILES string of the molecule is CCNC(=NCC(=O)N(CC)Cc1ccccc1)N1CCN(Cc2ccon2)CC1. The van der Waals surface area contributed by atoms with Crippen LogP contribution in [0.5, 0.6) is 0 Å². The van der Waals surface area contributed by atoms with Gasteiger partial charge in [-0.05, 0) is 19.4 Å². The Labute approximate surface area is 178 Å². The summed E-state index contributed by atoms with van der Waals surface area (Å²) in [5.41, 5.74) is 2.08. The number of nitrogens with one attached hydrogen (secondary N) is 1. The first kappa shape index (κ1) is 21.8. The molecule has 8 nitrogen and oxygen atoms in total. The second kappa shape index (κ2) is 11.3. The Balaban J connectivity index is 1.53. The minimum absolute atomic E-state index is 0.0430. The molecule has 1 aliphatic rings. The maximum Gasteiger partial charge on any atom is 0.244 e. The fourth-order valence-electron chi connectivity index (χ4n) is 3.51. The fraction of sp³-hybridized carbons (Fsp3) is 0.500. The van der Waals surface area contributed by atoms with Crippen LogP contribution in [-0.4, -0.2) is 77.5 Å². The number of aromatic nitrogens is 1. The molecule has 2 heterocycles. The van der Waals surface area contributed by atoms with Gasteiger partial charge in [-0.3, -0.25) is 9.69 Å². The lowest BCUT2D eigenvalue weighted by Gasteiger charge is -2.36. The van der Waals surface area contributed by atoms with Gasteiger partial charge in [-0.1, -0.05) is 35.5 Å². The predicted octanol–water partition coefficient (Wildman–Crippen LogP) is 1.81. The van der Waals surface area contributed by atoms with Gasteiger partial charge in [0.1, 0.15) is 12.8 Å². The molecular weight excluding hydrogens is 380 g/mol. The molecule has 0 aliphatic carbocycles. The number of likely N-dealkylation sites (N-methyl/N-ethyl adjacent to an activating group) is 1. The number of guanidine groups is 1. The molecule has 1 aromatic heterocycles. The lowest BCUT2D eigenvalue weighted by atomic mass is 10.2. The topological polar surface area (TPSA) is 77.2 Å². The fourth-order valence-corrected chi connectivity index (χ4v) is 3.51. The second-order valence-corrected chi connectivity index (χ2v) is 7.32. The minimum Gasteiger partial charge on any atom is -0.364 e. The first-order valence-corrected chi connectivity index (χ1v) is 10.7. The van der Waals surface area contributed by atoms with Gasteiger partial charge < -0.3 is 19.6 Å². The standard InChI is InChI=1S/C22H32N6O2/c1-3-23-22(28-13-11-26(12-14-28)18-20-10-15-30-25-20)24-16-21(29)27(4-2)17-19-8-6-5-7-9-19/h5-10,15H,3-4,11-14,16-18H2,1-2H3,(H,23,24). The molecule has 3 rings (SSSR count). The summed E-state index contributed by atoms with van der Waals surface area (Å²) >= 11 is 0. The molecule has 1 amide bonds. The van der Waals surface area contributed by atoms with E-state index in [1.54, 1.807) is 6.26 Å². The van der Waals surface area contributed by atoms with Crippen LogP contribution in [0.2, 0.25) is 0 Å². The highest BCUT2D eigenvalue weighted by atomic mass is 16.5. The Bertz CT molecular complexity index is 785. The summed E-state index contributed by atoms with van der Waals surface area (Å²) in [6.07, 6.45) is 1.61. The van der Waals surface area contributed by atoms with Crippen molar-refractivity contribution in [1.82, 2.24) is 25.2 Å². The molecule has 0 atom stereocenters. The Hall–Kier alpha value is -2.87. The van der Waals surface area contributed by atoms with Gasteiger partial charge in [0.15, 0.2) is 5.96 Å². The Morgan fingerprint density at radius 2 is 1.93 bits per heavy atom. The molecule has 0 radical (unpaired) electrons. The van der Waals surface area contributed by atoms with Crippen LogP contribution in [0.4, 0.5) is 0 Å². The first-order valence-electron chi connectivity index (χ1n) is 10.7. The molecule has 1 aliphatic heterocycles. The molecule has 0 unspecified atom stereocenters. The number of piperazine rings is 1. The molecule has 0 spiro atoms. The zero-order valence-corrected chi connectivity index (χ0v) is 18.0. The largest absolute Gasteiger partial charge is 0.364 e. The summed E-state index contributed by atoms with van der Waals surface area (Å²) in [4.78, 5) is 23.8. The van der Waals surface area contributed by atoms with E-state index in [1.165, 1.54) is 0 Å². The predicted molar refractivity (Wildman–Crippen MR) is 117 cm³/mol. The number of benzene rings is 1. The van der Waals surface area contributed by atoms with E-state index in [0.29, 0.717) is 13.1 Å². The van der Waals surface area contributed by atoms with E-state index in [-0.39, 0.29) is 12.5 Å². The van der Waals surface area contributed by atoms with Crippen molar-refractivity contribution in [2.45, 2.75) is 26.9 Å². The van der Waals surface area contributed by atoms with Crippen molar-refractivity contribution in [3.8, 4) is 0 Å². The summed E-state index contributed by atoms with van der Waals surface area (Å²) in [6.45, 7) is 10.6. The number of carbonyl (C=O) groups excluding carboxylic acids is 1. The third kappa shape index (κ3) is 6.32. The first-order chi connectivity index (χ1) is 14.7. The molecule has 1 N–H and O–H groups in total. The maximum absolute atomic E-state index is 12.7. The van der Waals surface area contributed by atoms with Crippen molar-refractivity contribution in [2.75, 3.05) is 45.8 Å². The van der Waals surface area contributed by atoms with Crippen molar-refractivity contribution >= 4 is 11.9 Å². The van der Waals surface area contributed by atoms with Gasteiger partial charge in [-0.2, -0.15) is 0 Å². The summed E-state index contributed by atoms with van der Waals surface area (Å²) < 4.78 is 4.92. The van der Waals surface area contributed by atoms with Gasteiger partial charge in [-0.25, -0.2) is 4.99 Å². The van der Waals surface area contributed by atoms with E-state index >= 15 is 0 Å². The molecule has 0 bridgehead atoms. The highest BCUT2D eigenvalue weighted by molar-refractivity contribution is 5.85. The normalized spacial score (nSPS) is 15.3. The number of aliphatic imine (C=N–C) groups is 1. The van der Waals surface area contributed by atoms with Crippen LogP contribution in [0, 0.1) is 0 Å². The van der Waals surface area contributed by atoms with E-state index in [1.807, 2.05) is 55.1 Å². The van der Waals surface area contributed by atoms with E-state index in [2.05, 4.69) is 25.3 Å². The highest BCUT2D eigenvalue weighted by Gasteiger charge is 2.21. The quantitative estimate of drug-likeness (QED) is 0.526. The minimum atomic E-state index is 0.0430. The highest BCUT2D eigenvalue weighted by Crippen LogP contribution is 2.08. The Morgan fingerprint density at radius 3 is 2.57 bits per heavy atom. The molecule has 1 saturated heterocycles. The van der Waals surface area contributed by atoms with E-state index in [9.17, 15) is 4.79 Å². The van der Waals surface area contributed by atoms with Crippen molar-refractivity contribution in [3.63, 3.8) is 0 Å². The van der Waals surface area contributed by atoms with Gasteiger partial charge in [-0.15, -0.1) is 0 Å². The van der Waals surface area contributed by atoms with Gasteiger partial charge in [0.25, 0.3) is 0 Å². The van der Waals surface area contributed by atoms with E-state index < -0.39 is 0 Å². The van der Waals surface area contributed by atoms with Crippen molar-refractivity contribution in [3.05, 3.63) is 53.9 Å². The third-order valence-electron chi connectivity index (χ3n) is 5.20. The molecule has 30 heavy (non-hydrogen) atoms. The van der Waals surface area contributed by atoms with E-state index in [4.69, 9.17) is 4.52 Å². The van der Waals surface area contributed by atoms with Gasteiger partial charge >= 0.3 is 0 Å². The number of rotatable bonds is 8. The van der Waals surface area contributed by atoms with Gasteiger partial charge in [0.05, 0.1) is 5.69 Å². The van der Waals surface area contributed by atoms with Crippen LogP contribution in [-0.2, 0) is 17.9 Å². The summed E-state index contributed by atoms with van der Waals surface area (Å²) in [6, 6.07) is 12.0. The van der Waals surface area contributed by atoms with Crippen molar-refractivity contribution in [1.29, 1.82) is 0 Å². The van der Waals surface area contributed by atoms with E-state index in [0.717, 1.165) is 56.5 Å². The molecular formula is C22H32N6O2. The molecule has 2 aromatic rings. The number of nitrogens with zero attached hydrogens (tertiary/aromatic N) is 5. The number of hydrogen-bond acceptors (Lipinski definition) is 5. The van der Waals surface area contributed by atoms with Crippen molar-refractivity contribution < 1.29 is 9.32 Å². The van der Waals surface area contributed by atoms with Crippen LogP contribution in [0.3, 0.4) is 0 Å². The molecule has 1 fully saturated rings. The zero-order chi connectivity index (χ0) is 21.2. The average Bonchev–Trinajstić information content (AvgIpc) is 3.29. The van der Waals surface area contributed by atoms with Crippen LogP contribution < -0.4 is 5.32 Å². The van der Waals surface area contributed by atoms with Crippen LogP contribution in [0.25, 0.3) is 0 Å². The van der Waals surface area contributed by atoms with Crippen molar-refractivity contribution in [2.24, 2.45) is 4.99 Å². The molecule has 8 heteroatoms. The summed E-state index contributed by atoms with van der Waals surface area (Å²) in [5.74, 6) is 0.851. The Morgan fingerprint density at radius 1 is 1.17 bits per heavy atom. The van der Waals surface area contributed by atoms with Crippen LogP contribution >= 0.6 is 0 Å². The summed E-state index contributed by atoms with van der Waals surface area (Å²) in [5, 5.41) is 7.32. The monoisotopic (exact) mass is 412 g/mol. The Kier molecular flexibility index (Phi) is 8.26.